The molecule has 0 unspecified atom stereocenters. The van der Waals surface area contributed by atoms with Crippen LogP contribution in [0, 0.1) is 6.92 Å². The van der Waals surface area contributed by atoms with E-state index in [0.717, 1.165) is 21.0 Å². The van der Waals surface area contributed by atoms with E-state index in [1.165, 1.54) is 35.9 Å². The molecule has 0 saturated carbocycles. The van der Waals surface area contributed by atoms with Gasteiger partial charge in [-0.25, -0.2) is 4.98 Å². The molecule has 168 valence electrons. The predicted octanol–water partition coefficient (Wildman–Crippen LogP) is 4.91. The zero-order valence-corrected chi connectivity index (χ0v) is 19.4. The molecule has 0 bridgehead atoms. The summed E-state index contributed by atoms with van der Waals surface area (Å²) in [6.07, 6.45) is 1.42. The van der Waals surface area contributed by atoms with Crippen molar-refractivity contribution in [2.75, 3.05) is 10.6 Å². The normalized spacial score (nSPS) is 10.6. The molecule has 0 aliphatic carbocycles. The van der Waals surface area contributed by atoms with Gasteiger partial charge in [0.15, 0.2) is 10.9 Å². The lowest BCUT2D eigenvalue weighted by atomic mass is 10.1. The summed E-state index contributed by atoms with van der Waals surface area (Å²) in [5, 5.41) is 10.7. The molecule has 8 nitrogen and oxygen atoms in total. The average Bonchev–Trinajstić information content (AvgIpc) is 3.55. The van der Waals surface area contributed by atoms with Crippen molar-refractivity contribution in [3.05, 3.63) is 75.9 Å². The van der Waals surface area contributed by atoms with Crippen LogP contribution in [-0.4, -0.2) is 22.7 Å². The van der Waals surface area contributed by atoms with Gasteiger partial charge in [0.25, 0.3) is 11.8 Å². The first-order valence-electron chi connectivity index (χ1n) is 9.95. The second kappa shape index (κ2) is 9.80. The predicted molar refractivity (Wildman–Crippen MR) is 129 cm³/mol. The molecule has 0 spiro atoms. The van der Waals surface area contributed by atoms with Crippen molar-refractivity contribution in [1.29, 1.82) is 0 Å². The number of anilines is 2. The van der Waals surface area contributed by atoms with Crippen LogP contribution < -0.4 is 16.0 Å². The van der Waals surface area contributed by atoms with Crippen LogP contribution in [0.4, 0.5) is 10.8 Å². The Kier molecular flexibility index (Phi) is 6.66. The number of thiazole rings is 1. The summed E-state index contributed by atoms with van der Waals surface area (Å²) < 4.78 is 5.11. The van der Waals surface area contributed by atoms with E-state index in [4.69, 9.17) is 4.42 Å². The molecule has 4 aromatic rings. The molecule has 3 amide bonds. The van der Waals surface area contributed by atoms with Crippen molar-refractivity contribution in [1.82, 2.24) is 10.3 Å². The zero-order valence-electron chi connectivity index (χ0n) is 17.8. The zero-order chi connectivity index (χ0) is 23.4. The Morgan fingerprint density at radius 1 is 1.06 bits per heavy atom. The van der Waals surface area contributed by atoms with Gasteiger partial charge >= 0.3 is 0 Å². The molecule has 0 atom stereocenters. The fraction of sp³-hybridized carbons (Fsp3) is 0.130. The smallest absolute Gasteiger partial charge is 0.291 e. The molecular weight excluding hydrogens is 460 g/mol. The third-order valence-electron chi connectivity index (χ3n) is 4.64. The van der Waals surface area contributed by atoms with E-state index in [2.05, 4.69) is 20.9 Å². The van der Waals surface area contributed by atoms with Crippen LogP contribution in [0.5, 0.6) is 0 Å². The van der Waals surface area contributed by atoms with E-state index in [9.17, 15) is 14.4 Å². The number of amides is 3. The lowest BCUT2D eigenvalue weighted by Crippen LogP contribution is -2.17. The number of carbonyl (C=O) groups excluding carboxylic acids is 3. The molecule has 33 heavy (non-hydrogen) atoms. The number of rotatable bonds is 7. The van der Waals surface area contributed by atoms with E-state index < -0.39 is 0 Å². The fourth-order valence-corrected chi connectivity index (χ4v) is 4.61. The second-order valence-corrected chi connectivity index (χ2v) is 9.16. The fourth-order valence-electron chi connectivity index (χ4n) is 2.93. The molecule has 4 rings (SSSR count). The summed E-state index contributed by atoms with van der Waals surface area (Å²) in [5.41, 5.74) is 2.48. The summed E-state index contributed by atoms with van der Waals surface area (Å²) in [5.74, 6) is -0.613. The number of carbonyl (C=O) groups is 3. The molecule has 3 N–H and O–H groups in total. The van der Waals surface area contributed by atoms with Crippen molar-refractivity contribution in [3.8, 4) is 10.6 Å². The SMILES string of the molecule is CC(=O)NCc1ccc(-c2csc(NC(=O)c3ccc(C)c(NC(=O)c4ccco4)c3)n2)s1. The summed E-state index contributed by atoms with van der Waals surface area (Å²) in [6.45, 7) is 3.79. The van der Waals surface area contributed by atoms with Gasteiger partial charge in [0.05, 0.1) is 23.4 Å². The number of thiophene rings is 1. The van der Waals surface area contributed by atoms with Gasteiger partial charge in [-0.15, -0.1) is 22.7 Å². The Labute approximate surface area is 197 Å². The number of furan rings is 1. The highest BCUT2D eigenvalue weighted by atomic mass is 32.1. The molecule has 0 aliphatic rings. The Bertz CT molecular complexity index is 1310. The van der Waals surface area contributed by atoms with E-state index in [1.807, 2.05) is 24.4 Å². The van der Waals surface area contributed by atoms with Gasteiger partial charge in [-0.2, -0.15) is 0 Å². The van der Waals surface area contributed by atoms with Crippen molar-refractivity contribution in [2.45, 2.75) is 20.4 Å². The number of hydrogen-bond acceptors (Lipinski definition) is 7. The van der Waals surface area contributed by atoms with Crippen LogP contribution in [-0.2, 0) is 11.3 Å². The number of aromatic nitrogens is 1. The highest BCUT2D eigenvalue weighted by Crippen LogP contribution is 2.31. The maximum atomic E-state index is 12.8. The minimum Gasteiger partial charge on any atom is -0.459 e. The van der Waals surface area contributed by atoms with E-state index >= 15 is 0 Å². The molecule has 3 heterocycles. The van der Waals surface area contributed by atoms with Crippen LogP contribution in [0.2, 0.25) is 0 Å². The molecule has 10 heteroatoms. The van der Waals surface area contributed by atoms with Crippen molar-refractivity contribution in [2.24, 2.45) is 0 Å². The first-order valence-corrected chi connectivity index (χ1v) is 11.6. The minimum absolute atomic E-state index is 0.0802. The van der Waals surface area contributed by atoms with Gasteiger partial charge in [0.2, 0.25) is 5.91 Å². The number of nitrogens with one attached hydrogen (secondary N) is 3. The largest absolute Gasteiger partial charge is 0.459 e. The van der Waals surface area contributed by atoms with Gasteiger partial charge in [-0.1, -0.05) is 6.07 Å². The minimum atomic E-state index is -0.390. The number of aryl methyl sites for hydroxylation is 1. The van der Waals surface area contributed by atoms with Crippen molar-refractivity contribution in [3.63, 3.8) is 0 Å². The third-order valence-corrected chi connectivity index (χ3v) is 6.51. The summed E-state index contributed by atoms with van der Waals surface area (Å²) in [7, 11) is 0. The van der Waals surface area contributed by atoms with Crippen molar-refractivity contribution >= 4 is 51.2 Å². The number of nitrogens with zero attached hydrogens (tertiary/aromatic N) is 1. The Morgan fingerprint density at radius 2 is 1.91 bits per heavy atom. The van der Waals surface area contributed by atoms with Gasteiger partial charge < -0.3 is 15.1 Å². The summed E-state index contributed by atoms with van der Waals surface area (Å²) in [6, 6.07) is 12.2. The first-order chi connectivity index (χ1) is 15.9. The van der Waals surface area contributed by atoms with Crippen LogP contribution in [0.1, 0.15) is 38.3 Å². The van der Waals surface area contributed by atoms with E-state index in [1.54, 1.807) is 30.3 Å². The van der Waals surface area contributed by atoms with Crippen LogP contribution in [0.25, 0.3) is 10.6 Å². The molecular formula is C23H20N4O4S2. The molecule has 1 aromatic carbocycles. The van der Waals surface area contributed by atoms with Crippen LogP contribution >= 0.6 is 22.7 Å². The van der Waals surface area contributed by atoms with Gasteiger partial charge in [-0.3, -0.25) is 19.7 Å². The van der Waals surface area contributed by atoms with E-state index in [0.29, 0.717) is 22.9 Å². The van der Waals surface area contributed by atoms with Gasteiger partial charge in [0.1, 0.15) is 0 Å². The van der Waals surface area contributed by atoms with Crippen molar-refractivity contribution < 1.29 is 18.8 Å². The maximum absolute atomic E-state index is 12.8. The second-order valence-electron chi connectivity index (χ2n) is 7.13. The number of benzene rings is 1. The average molecular weight is 481 g/mol. The summed E-state index contributed by atoms with van der Waals surface area (Å²) >= 11 is 2.86. The lowest BCUT2D eigenvalue weighted by molar-refractivity contribution is -0.119. The molecule has 0 fully saturated rings. The summed E-state index contributed by atoms with van der Waals surface area (Å²) in [4.78, 5) is 42.6. The Morgan fingerprint density at radius 3 is 2.67 bits per heavy atom. The Hall–Kier alpha value is -3.76. The Balaban J connectivity index is 1.43. The molecule has 0 aliphatic heterocycles. The molecule has 0 saturated heterocycles. The third kappa shape index (κ3) is 5.54. The first kappa shape index (κ1) is 22.4. The van der Waals surface area contributed by atoms with Crippen LogP contribution in [0.15, 0.2) is 58.5 Å². The number of hydrogen-bond donors (Lipinski definition) is 3. The standard InChI is InChI=1S/C23H20N4O4S2/c1-13-5-6-15(10-17(13)25-22(30)19-4-3-9-31-19)21(29)27-23-26-18(12-32-23)20-8-7-16(33-20)11-24-14(2)28/h3-10,12H,11H2,1-2H3,(H,24,28)(H,25,30)(H,26,27,29). The quantitative estimate of drug-likeness (QED) is 0.348. The highest BCUT2D eigenvalue weighted by molar-refractivity contribution is 7.17. The van der Waals surface area contributed by atoms with Gasteiger partial charge in [0, 0.05) is 28.4 Å². The maximum Gasteiger partial charge on any atom is 0.291 e. The molecule has 0 radical (unpaired) electrons. The van der Waals surface area contributed by atoms with Crippen LogP contribution in [0.3, 0.4) is 0 Å². The highest BCUT2D eigenvalue weighted by Gasteiger charge is 2.15. The molecule has 3 aromatic heterocycles. The van der Waals surface area contributed by atoms with Gasteiger partial charge in [-0.05, 0) is 48.9 Å². The monoisotopic (exact) mass is 480 g/mol. The topological polar surface area (TPSA) is 113 Å². The van der Waals surface area contributed by atoms with E-state index in [-0.39, 0.29) is 23.5 Å². The lowest BCUT2D eigenvalue weighted by Gasteiger charge is -2.09.